The van der Waals surface area contributed by atoms with E-state index in [1.165, 1.54) is 5.56 Å². The first kappa shape index (κ1) is 18.0. The first-order valence-electron chi connectivity index (χ1n) is 9.31. The molecule has 6 heteroatoms. The summed E-state index contributed by atoms with van der Waals surface area (Å²) in [4.78, 5) is 22.1. The van der Waals surface area contributed by atoms with E-state index in [0.29, 0.717) is 0 Å². The highest BCUT2D eigenvalue weighted by Crippen LogP contribution is 2.25. The van der Waals surface area contributed by atoms with Gasteiger partial charge < -0.3 is 5.32 Å². The summed E-state index contributed by atoms with van der Waals surface area (Å²) in [5.41, 5.74) is 7.05. The largest absolute Gasteiger partial charge is 0.369 e. The van der Waals surface area contributed by atoms with E-state index in [-0.39, 0.29) is 5.92 Å². The van der Waals surface area contributed by atoms with Gasteiger partial charge in [-0.3, -0.25) is 15.0 Å². The number of hydrogen-bond donors (Lipinski definition) is 1. The van der Waals surface area contributed by atoms with E-state index >= 15 is 0 Å². The van der Waals surface area contributed by atoms with Crippen molar-refractivity contribution in [1.82, 2.24) is 24.9 Å². The van der Waals surface area contributed by atoms with E-state index in [1.807, 2.05) is 55.8 Å². The number of aryl methyl sites for hydroxylation is 2. The lowest BCUT2D eigenvalue weighted by Crippen LogP contribution is -2.12. The number of nitrogens with zero attached hydrogens (tertiary/aromatic N) is 5. The molecule has 0 aliphatic heterocycles. The average molecular weight is 370 g/mol. The second-order valence-electron chi connectivity index (χ2n) is 6.98. The van der Waals surface area contributed by atoms with E-state index in [4.69, 9.17) is 0 Å². The summed E-state index contributed by atoms with van der Waals surface area (Å²) >= 11 is 0. The van der Waals surface area contributed by atoms with Crippen LogP contribution in [0.2, 0.25) is 0 Å². The van der Waals surface area contributed by atoms with Crippen LogP contribution in [-0.2, 0) is 0 Å². The highest BCUT2D eigenvalue weighted by atomic mass is 15.0. The monoisotopic (exact) mass is 370 g/mol. The second-order valence-corrected chi connectivity index (χ2v) is 6.98. The Hall–Kier alpha value is -3.41. The maximum absolute atomic E-state index is 4.56. The van der Waals surface area contributed by atoms with E-state index in [0.717, 1.165) is 45.9 Å². The van der Waals surface area contributed by atoms with E-state index < -0.39 is 0 Å². The molecule has 0 saturated carbocycles. The third kappa shape index (κ3) is 3.67. The van der Waals surface area contributed by atoms with Crippen LogP contribution in [-0.4, -0.2) is 31.5 Å². The number of hydrogen-bond acceptors (Lipinski definition) is 6. The molecule has 6 nitrogen and oxygen atoms in total. The SMILES string of the molecule is Cc1ccc(-c2cc(NCC(C)c3ccnc4c(C)ccnc34)ncn2)cn1. The Balaban J connectivity index is 1.53. The highest BCUT2D eigenvalue weighted by molar-refractivity contribution is 5.81. The molecule has 0 fully saturated rings. The number of aromatic nitrogens is 5. The van der Waals surface area contributed by atoms with Crippen LogP contribution in [0.5, 0.6) is 0 Å². The zero-order valence-corrected chi connectivity index (χ0v) is 16.2. The number of anilines is 1. The van der Waals surface area contributed by atoms with Crippen LogP contribution < -0.4 is 5.32 Å². The van der Waals surface area contributed by atoms with Crippen LogP contribution in [0.1, 0.15) is 29.7 Å². The van der Waals surface area contributed by atoms with Gasteiger partial charge in [-0.2, -0.15) is 0 Å². The van der Waals surface area contributed by atoms with Gasteiger partial charge in [-0.1, -0.05) is 6.92 Å². The molecular weight excluding hydrogens is 348 g/mol. The third-order valence-electron chi connectivity index (χ3n) is 4.85. The minimum absolute atomic E-state index is 0.249. The molecule has 0 spiro atoms. The first-order chi connectivity index (χ1) is 13.6. The van der Waals surface area contributed by atoms with Crippen LogP contribution in [0.25, 0.3) is 22.3 Å². The zero-order valence-electron chi connectivity index (χ0n) is 16.2. The molecule has 4 heterocycles. The lowest BCUT2D eigenvalue weighted by atomic mass is 9.99. The Bertz CT molecular complexity index is 1110. The smallest absolute Gasteiger partial charge is 0.129 e. The molecule has 28 heavy (non-hydrogen) atoms. The normalized spacial score (nSPS) is 12.1. The van der Waals surface area contributed by atoms with Crippen molar-refractivity contribution in [1.29, 1.82) is 0 Å². The summed E-state index contributed by atoms with van der Waals surface area (Å²) in [5.74, 6) is 1.04. The summed E-state index contributed by atoms with van der Waals surface area (Å²) in [6.07, 6.45) is 7.11. The van der Waals surface area contributed by atoms with Crippen molar-refractivity contribution in [2.75, 3.05) is 11.9 Å². The molecule has 0 aliphatic carbocycles. The molecule has 1 N–H and O–H groups in total. The van der Waals surface area contributed by atoms with Crippen molar-refractivity contribution >= 4 is 16.9 Å². The molecule has 0 aliphatic rings. The fraction of sp³-hybridized carbons (Fsp3) is 0.227. The molecule has 0 amide bonds. The predicted octanol–water partition coefficient (Wildman–Crippen LogP) is 4.31. The van der Waals surface area contributed by atoms with Crippen molar-refractivity contribution < 1.29 is 0 Å². The van der Waals surface area contributed by atoms with Gasteiger partial charge in [0.1, 0.15) is 12.1 Å². The molecule has 0 aromatic carbocycles. The van der Waals surface area contributed by atoms with Crippen molar-refractivity contribution in [3.05, 3.63) is 72.1 Å². The minimum atomic E-state index is 0.249. The average Bonchev–Trinajstić information content (AvgIpc) is 2.73. The highest BCUT2D eigenvalue weighted by Gasteiger charge is 2.13. The van der Waals surface area contributed by atoms with Gasteiger partial charge in [0.15, 0.2) is 0 Å². The Labute approximate surface area is 164 Å². The van der Waals surface area contributed by atoms with Crippen molar-refractivity contribution in [2.45, 2.75) is 26.7 Å². The third-order valence-corrected chi connectivity index (χ3v) is 4.85. The summed E-state index contributed by atoms with van der Waals surface area (Å²) in [6, 6.07) is 9.99. The molecule has 140 valence electrons. The molecule has 1 unspecified atom stereocenters. The fourth-order valence-corrected chi connectivity index (χ4v) is 3.19. The number of fused-ring (bicyclic) bond motifs is 1. The van der Waals surface area contributed by atoms with Crippen LogP contribution in [0, 0.1) is 13.8 Å². The Kier molecular flexibility index (Phi) is 4.93. The van der Waals surface area contributed by atoms with Gasteiger partial charge in [0.05, 0.1) is 16.7 Å². The minimum Gasteiger partial charge on any atom is -0.369 e. The number of nitrogens with one attached hydrogen (secondary N) is 1. The summed E-state index contributed by atoms with van der Waals surface area (Å²) in [5, 5.41) is 3.42. The number of rotatable bonds is 5. The quantitative estimate of drug-likeness (QED) is 0.564. The van der Waals surface area contributed by atoms with Gasteiger partial charge in [0, 0.05) is 48.4 Å². The predicted molar refractivity (Wildman–Crippen MR) is 111 cm³/mol. The molecule has 4 rings (SSSR count). The molecule has 0 bridgehead atoms. The maximum atomic E-state index is 4.56. The molecule has 0 radical (unpaired) electrons. The van der Waals surface area contributed by atoms with Crippen LogP contribution in [0.4, 0.5) is 5.82 Å². The molecule has 0 saturated heterocycles. The first-order valence-corrected chi connectivity index (χ1v) is 9.31. The number of pyridine rings is 3. The van der Waals surface area contributed by atoms with Gasteiger partial charge >= 0.3 is 0 Å². The van der Waals surface area contributed by atoms with E-state index in [9.17, 15) is 0 Å². The van der Waals surface area contributed by atoms with Gasteiger partial charge in [-0.05, 0) is 49.2 Å². The molecule has 4 aromatic rings. The van der Waals surface area contributed by atoms with Crippen molar-refractivity contribution in [2.24, 2.45) is 0 Å². The van der Waals surface area contributed by atoms with Crippen LogP contribution >= 0.6 is 0 Å². The van der Waals surface area contributed by atoms with Gasteiger partial charge in [-0.15, -0.1) is 0 Å². The lowest BCUT2D eigenvalue weighted by Gasteiger charge is -2.15. The Morgan fingerprint density at radius 2 is 1.71 bits per heavy atom. The van der Waals surface area contributed by atoms with Crippen molar-refractivity contribution in [3.8, 4) is 11.3 Å². The summed E-state index contributed by atoms with van der Waals surface area (Å²) < 4.78 is 0. The van der Waals surface area contributed by atoms with E-state index in [1.54, 1.807) is 6.33 Å². The van der Waals surface area contributed by atoms with Gasteiger partial charge in [-0.25, -0.2) is 9.97 Å². The summed E-state index contributed by atoms with van der Waals surface area (Å²) in [6.45, 7) is 6.94. The second kappa shape index (κ2) is 7.68. The topological polar surface area (TPSA) is 76.5 Å². The standard InChI is InChI=1S/C22H22N6/c1-14-6-8-24-22-18(7-9-23-21(14)22)15(2)11-26-20-10-19(27-13-28-20)17-5-4-16(3)25-12-17/h4-10,12-13,15H,11H2,1-3H3,(H,26,27,28). The van der Waals surface area contributed by atoms with Gasteiger partial charge in [0.25, 0.3) is 0 Å². The van der Waals surface area contributed by atoms with Crippen LogP contribution in [0.15, 0.2) is 55.2 Å². The zero-order chi connectivity index (χ0) is 19.5. The molecule has 4 aromatic heterocycles. The van der Waals surface area contributed by atoms with E-state index in [2.05, 4.69) is 44.1 Å². The molecular formula is C22H22N6. The molecule has 1 atom stereocenters. The van der Waals surface area contributed by atoms with Gasteiger partial charge in [0.2, 0.25) is 0 Å². The Morgan fingerprint density at radius 1 is 0.893 bits per heavy atom. The van der Waals surface area contributed by atoms with Crippen LogP contribution in [0.3, 0.4) is 0 Å². The maximum Gasteiger partial charge on any atom is 0.129 e. The Morgan fingerprint density at radius 3 is 2.54 bits per heavy atom. The summed E-state index contributed by atoms with van der Waals surface area (Å²) in [7, 11) is 0. The fourth-order valence-electron chi connectivity index (χ4n) is 3.19. The lowest BCUT2D eigenvalue weighted by molar-refractivity contribution is 0.804. The van der Waals surface area contributed by atoms with Crippen molar-refractivity contribution in [3.63, 3.8) is 0 Å².